The zero-order chi connectivity index (χ0) is 19.3. The highest BCUT2D eigenvalue weighted by atomic mass is 79.9. The van der Waals surface area contributed by atoms with Crippen molar-refractivity contribution >= 4 is 33.5 Å². The molecule has 138 valence electrons. The lowest BCUT2D eigenvalue weighted by atomic mass is 10.1. The normalized spacial score (nSPS) is 10.2. The van der Waals surface area contributed by atoms with Crippen molar-refractivity contribution in [3.8, 4) is 11.5 Å². The van der Waals surface area contributed by atoms with Crippen LogP contribution < -0.4 is 14.8 Å². The molecule has 0 saturated carbocycles. The fourth-order valence-electron chi connectivity index (χ4n) is 2.36. The van der Waals surface area contributed by atoms with Gasteiger partial charge in [0.15, 0.2) is 6.61 Å². The minimum Gasteiger partial charge on any atom is -0.496 e. The summed E-state index contributed by atoms with van der Waals surface area (Å²) in [5.41, 5.74) is 2.77. The van der Waals surface area contributed by atoms with E-state index in [9.17, 15) is 9.59 Å². The molecule has 0 aliphatic heterocycles. The molecule has 1 N–H and O–H groups in total. The van der Waals surface area contributed by atoms with Crippen molar-refractivity contribution in [2.24, 2.45) is 0 Å². The lowest BCUT2D eigenvalue weighted by molar-refractivity contribution is -0.119. The van der Waals surface area contributed by atoms with Gasteiger partial charge in [0.25, 0.3) is 5.91 Å². The summed E-state index contributed by atoms with van der Waals surface area (Å²) in [4.78, 5) is 24.5. The van der Waals surface area contributed by atoms with Gasteiger partial charge in [-0.15, -0.1) is 0 Å². The number of carbonyl (C=O) groups is 2. The summed E-state index contributed by atoms with van der Waals surface area (Å²) in [5.74, 6) is -0.501. The molecule has 0 spiro atoms. The van der Waals surface area contributed by atoms with E-state index in [1.165, 1.54) is 14.2 Å². The average Bonchev–Trinajstić information content (AvgIpc) is 2.65. The number of ether oxygens (including phenoxy) is 3. The smallest absolute Gasteiger partial charge is 0.346 e. The molecule has 0 heterocycles. The Labute approximate surface area is 160 Å². The number of anilines is 1. The molecule has 0 fully saturated rings. The Morgan fingerprint density at radius 3 is 2.19 bits per heavy atom. The molecular weight excluding hydrogens is 402 g/mol. The molecule has 26 heavy (non-hydrogen) atoms. The number of rotatable bonds is 6. The van der Waals surface area contributed by atoms with E-state index in [0.717, 1.165) is 15.6 Å². The first-order valence-electron chi connectivity index (χ1n) is 7.82. The van der Waals surface area contributed by atoms with Crippen LogP contribution in [0.15, 0.2) is 34.8 Å². The third-order valence-corrected chi connectivity index (χ3v) is 4.82. The summed E-state index contributed by atoms with van der Waals surface area (Å²) in [6, 6.07) is 8.57. The minimum atomic E-state index is -0.696. The van der Waals surface area contributed by atoms with Crippen LogP contribution in [0, 0.1) is 13.8 Å². The molecule has 0 aromatic heterocycles. The van der Waals surface area contributed by atoms with Gasteiger partial charge in [-0.1, -0.05) is 22.0 Å². The van der Waals surface area contributed by atoms with Crippen LogP contribution in [-0.2, 0) is 9.53 Å². The van der Waals surface area contributed by atoms with Gasteiger partial charge in [0.2, 0.25) is 0 Å². The van der Waals surface area contributed by atoms with Crippen LogP contribution in [0.4, 0.5) is 5.69 Å². The molecule has 0 unspecified atom stereocenters. The molecule has 0 atom stereocenters. The fourth-order valence-corrected chi connectivity index (χ4v) is 2.79. The Hall–Kier alpha value is -2.54. The van der Waals surface area contributed by atoms with E-state index in [1.54, 1.807) is 24.3 Å². The molecule has 0 saturated heterocycles. The Kier molecular flexibility index (Phi) is 6.63. The summed E-state index contributed by atoms with van der Waals surface area (Å²) in [5, 5.41) is 2.74. The van der Waals surface area contributed by atoms with E-state index < -0.39 is 18.5 Å². The van der Waals surface area contributed by atoms with Gasteiger partial charge in [0.05, 0.1) is 14.2 Å². The van der Waals surface area contributed by atoms with E-state index in [2.05, 4.69) is 21.2 Å². The van der Waals surface area contributed by atoms with Gasteiger partial charge in [0, 0.05) is 10.2 Å². The van der Waals surface area contributed by atoms with Crippen molar-refractivity contribution in [1.82, 2.24) is 0 Å². The second-order valence-corrected chi connectivity index (χ2v) is 6.36. The molecular formula is C19H20BrNO5. The molecule has 2 aromatic carbocycles. The SMILES string of the molecule is COc1cccc(OC)c1C(=O)OCC(=O)Nc1ccc(Br)c(C)c1C. The Balaban J connectivity index is 2.06. The van der Waals surface area contributed by atoms with Crippen molar-refractivity contribution in [3.63, 3.8) is 0 Å². The van der Waals surface area contributed by atoms with Gasteiger partial charge in [-0.3, -0.25) is 4.79 Å². The van der Waals surface area contributed by atoms with Crippen molar-refractivity contribution in [1.29, 1.82) is 0 Å². The second-order valence-electron chi connectivity index (χ2n) is 5.51. The van der Waals surface area contributed by atoms with Gasteiger partial charge >= 0.3 is 5.97 Å². The quantitative estimate of drug-likeness (QED) is 0.716. The maximum atomic E-state index is 12.4. The van der Waals surface area contributed by atoms with Gasteiger partial charge in [0.1, 0.15) is 17.1 Å². The number of amides is 1. The van der Waals surface area contributed by atoms with Crippen LogP contribution in [0.1, 0.15) is 21.5 Å². The number of benzene rings is 2. The zero-order valence-electron chi connectivity index (χ0n) is 15.0. The molecule has 0 aliphatic carbocycles. The predicted molar refractivity (Wildman–Crippen MR) is 102 cm³/mol. The monoisotopic (exact) mass is 421 g/mol. The van der Waals surface area contributed by atoms with Crippen LogP contribution in [-0.4, -0.2) is 32.7 Å². The molecule has 2 rings (SSSR count). The number of nitrogens with one attached hydrogen (secondary N) is 1. The largest absolute Gasteiger partial charge is 0.496 e. The topological polar surface area (TPSA) is 73.9 Å². The highest BCUT2D eigenvalue weighted by Gasteiger charge is 2.20. The van der Waals surface area contributed by atoms with Crippen LogP contribution in [0.2, 0.25) is 0 Å². The second kappa shape index (κ2) is 8.71. The van der Waals surface area contributed by atoms with Crippen molar-refractivity contribution in [2.75, 3.05) is 26.1 Å². The molecule has 6 nitrogen and oxygen atoms in total. The van der Waals surface area contributed by atoms with E-state index in [4.69, 9.17) is 14.2 Å². The average molecular weight is 422 g/mol. The summed E-state index contributed by atoms with van der Waals surface area (Å²) in [6.07, 6.45) is 0. The Bertz CT molecular complexity index is 813. The lowest BCUT2D eigenvalue weighted by Crippen LogP contribution is -2.22. The van der Waals surface area contributed by atoms with Crippen LogP contribution in [0.25, 0.3) is 0 Å². The molecule has 2 aromatic rings. The van der Waals surface area contributed by atoms with Gasteiger partial charge in [-0.25, -0.2) is 4.79 Å². The van der Waals surface area contributed by atoms with Gasteiger partial charge in [-0.2, -0.15) is 0 Å². The standard InChI is InChI=1S/C19H20BrNO5/c1-11-12(2)14(9-8-13(11)20)21-17(22)10-26-19(23)18-15(24-3)6-5-7-16(18)25-4/h5-9H,10H2,1-4H3,(H,21,22). The Morgan fingerprint density at radius 2 is 1.62 bits per heavy atom. The lowest BCUT2D eigenvalue weighted by Gasteiger charge is -2.14. The summed E-state index contributed by atoms with van der Waals surface area (Å²) >= 11 is 3.44. The minimum absolute atomic E-state index is 0.140. The van der Waals surface area contributed by atoms with E-state index in [0.29, 0.717) is 17.2 Å². The van der Waals surface area contributed by atoms with E-state index in [-0.39, 0.29) is 5.56 Å². The molecule has 0 bridgehead atoms. The molecule has 0 aliphatic rings. The Morgan fingerprint density at radius 1 is 1.00 bits per heavy atom. The van der Waals surface area contributed by atoms with E-state index >= 15 is 0 Å². The van der Waals surface area contributed by atoms with Crippen LogP contribution >= 0.6 is 15.9 Å². The van der Waals surface area contributed by atoms with Crippen molar-refractivity contribution < 1.29 is 23.8 Å². The third kappa shape index (κ3) is 4.35. The van der Waals surface area contributed by atoms with E-state index in [1.807, 2.05) is 19.9 Å². The number of esters is 1. The number of halogens is 1. The van der Waals surface area contributed by atoms with Crippen LogP contribution in [0.5, 0.6) is 11.5 Å². The maximum absolute atomic E-state index is 12.4. The fraction of sp³-hybridized carbons (Fsp3) is 0.263. The number of hydrogen-bond acceptors (Lipinski definition) is 5. The number of hydrogen-bond donors (Lipinski definition) is 1. The number of methoxy groups -OCH3 is 2. The highest BCUT2D eigenvalue weighted by Crippen LogP contribution is 2.29. The predicted octanol–water partition coefficient (Wildman–Crippen LogP) is 3.88. The van der Waals surface area contributed by atoms with Crippen LogP contribution in [0.3, 0.4) is 0 Å². The molecule has 0 radical (unpaired) electrons. The first kappa shape index (κ1) is 19.8. The first-order chi connectivity index (χ1) is 12.4. The number of carbonyl (C=O) groups excluding carboxylic acids is 2. The third-order valence-electron chi connectivity index (χ3n) is 3.96. The first-order valence-corrected chi connectivity index (χ1v) is 8.62. The maximum Gasteiger partial charge on any atom is 0.346 e. The van der Waals surface area contributed by atoms with Crippen molar-refractivity contribution in [3.05, 3.63) is 51.5 Å². The molecule has 1 amide bonds. The summed E-state index contributed by atoms with van der Waals surface area (Å²) in [6.45, 7) is 3.43. The summed E-state index contributed by atoms with van der Waals surface area (Å²) < 4.78 is 16.4. The highest BCUT2D eigenvalue weighted by molar-refractivity contribution is 9.10. The van der Waals surface area contributed by atoms with Gasteiger partial charge < -0.3 is 19.5 Å². The summed E-state index contributed by atoms with van der Waals surface area (Å²) in [7, 11) is 2.88. The molecule has 7 heteroatoms. The van der Waals surface area contributed by atoms with Gasteiger partial charge in [-0.05, 0) is 49.2 Å². The van der Waals surface area contributed by atoms with Crippen molar-refractivity contribution in [2.45, 2.75) is 13.8 Å². The zero-order valence-corrected chi connectivity index (χ0v) is 16.6.